The molecule has 5 heteroatoms. The van der Waals surface area contributed by atoms with Crippen LogP contribution in [0.25, 0.3) is 0 Å². The van der Waals surface area contributed by atoms with E-state index >= 15 is 0 Å². The fourth-order valence-electron chi connectivity index (χ4n) is 2.27. The van der Waals surface area contributed by atoms with Crippen molar-refractivity contribution < 1.29 is 9.66 Å². The van der Waals surface area contributed by atoms with Gasteiger partial charge >= 0.3 is 5.69 Å². The van der Waals surface area contributed by atoms with Crippen LogP contribution in [0.5, 0.6) is 5.75 Å². The van der Waals surface area contributed by atoms with Gasteiger partial charge in [0.15, 0.2) is 5.75 Å². The molecule has 0 unspecified atom stereocenters. The number of nitro groups is 1. The standard InChI is InChI=1S/C13H18N2O3/c1-9-3-4-12(15(16)17)13(5-9)18-11-6-10(7-11)8-14-2/h3-5,10-11,14H,6-8H2,1-2H3. The van der Waals surface area contributed by atoms with E-state index < -0.39 is 4.92 Å². The van der Waals surface area contributed by atoms with Gasteiger partial charge in [-0.2, -0.15) is 0 Å². The fraction of sp³-hybridized carbons (Fsp3) is 0.538. The lowest BCUT2D eigenvalue weighted by molar-refractivity contribution is -0.386. The maximum absolute atomic E-state index is 10.9. The van der Waals surface area contributed by atoms with E-state index in [1.807, 2.05) is 14.0 Å². The Kier molecular flexibility index (Phi) is 3.81. The summed E-state index contributed by atoms with van der Waals surface area (Å²) in [5.41, 5.74) is 1.03. The van der Waals surface area contributed by atoms with Crippen molar-refractivity contribution in [1.82, 2.24) is 5.32 Å². The summed E-state index contributed by atoms with van der Waals surface area (Å²) >= 11 is 0. The van der Waals surface area contributed by atoms with Crippen LogP contribution in [0.2, 0.25) is 0 Å². The molecule has 0 saturated heterocycles. The number of ether oxygens (including phenoxy) is 1. The predicted molar refractivity (Wildman–Crippen MR) is 68.9 cm³/mol. The SMILES string of the molecule is CNCC1CC(Oc2cc(C)ccc2[N+](=O)[O-])C1. The van der Waals surface area contributed by atoms with E-state index in [4.69, 9.17) is 4.74 Å². The second kappa shape index (κ2) is 5.35. The van der Waals surface area contributed by atoms with Gasteiger partial charge in [0.2, 0.25) is 0 Å². The Labute approximate surface area is 106 Å². The Morgan fingerprint density at radius 1 is 1.50 bits per heavy atom. The van der Waals surface area contributed by atoms with Crippen LogP contribution >= 0.6 is 0 Å². The van der Waals surface area contributed by atoms with Crippen molar-refractivity contribution in [2.24, 2.45) is 5.92 Å². The van der Waals surface area contributed by atoms with Crippen molar-refractivity contribution in [3.05, 3.63) is 33.9 Å². The van der Waals surface area contributed by atoms with E-state index in [-0.39, 0.29) is 11.8 Å². The molecule has 1 aliphatic carbocycles. The molecular formula is C13H18N2O3. The first kappa shape index (κ1) is 12.8. The first-order valence-corrected chi connectivity index (χ1v) is 6.16. The van der Waals surface area contributed by atoms with Crippen molar-refractivity contribution >= 4 is 5.69 Å². The highest BCUT2D eigenvalue weighted by atomic mass is 16.6. The molecule has 0 spiro atoms. The maximum Gasteiger partial charge on any atom is 0.310 e. The number of hydrogen-bond acceptors (Lipinski definition) is 4. The molecule has 0 amide bonds. The molecule has 5 nitrogen and oxygen atoms in total. The van der Waals surface area contributed by atoms with Crippen LogP contribution in [0.15, 0.2) is 18.2 Å². The van der Waals surface area contributed by atoms with Crippen molar-refractivity contribution in [2.45, 2.75) is 25.9 Å². The van der Waals surface area contributed by atoms with Crippen molar-refractivity contribution in [3.8, 4) is 5.75 Å². The molecule has 2 rings (SSSR count). The van der Waals surface area contributed by atoms with Crippen LogP contribution in [0.4, 0.5) is 5.69 Å². The van der Waals surface area contributed by atoms with Crippen molar-refractivity contribution in [1.29, 1.82) is 0 Å². The average Bonchev–Trinajstić information content (AvgIpc) is 2.26. The van der Waals surface area contributed by atoms with Gasteiger partial charge in [-0.15, -0.1) is 0 Å². The molecule has 1 saturated carbocycles. The van der Waals surface area contributed by atoms with Crippen LogP contribution in [-0.2, 0) is 0 Å². The fourth-order valence-corrected chi connectivity index (χ4v) is 2.27. The molecule has 0 aliphatic heterocycles. The summed E-state index contributed by atoms with van der Waals surface area (Å²) in [6.07, 6.45) is 2.04. The Morgan fingerprint density at radius 2 is 2.22 bits per heavy atom. The number of aryl methyl sites for hydroxylation is 1. The largest absolute Gasteiger partial charge is 0.483 e. The first-order valence-electron chi connectivity index (χ1n) is 6.16. The zero-order chi connectivity index (χ0) is 13.1. The van der Waals surface area contributed by atoms with E-state index in [9.17, 15) is 10.1 Å². The first-order chi connectivity index (χ1) is 8.60. The highest BCUT2D eigenvalue weighted by Gasteiger charge is 2.31. The molecular weight excluding hydrogens is 232 g/mol. The summed E-state index contributed by atoms with van der Waals surface area (Å²) in [5, 5.41) is 14.0. The number of nitro benzene ring substituents is 1. The van der Waals surface area contributed by atoms with Gasteiger partial charge in [-0.1, -0.05) is 6.07 Å². The second-order valence-corrected chi connectivity index (χ2v) is 4.86. The lowest BCUT2D eigenvalue weighted by Crippen LogP contribution is -2.38. The third kappa shape index (κ3) is 2.79. The normalized spacial score (nSPS) is 22.3. The third-order valence-electron chi connectivity index (χ3n) is 3.29. The van der Waals surface area contributed by atoms with Crippen LogP contribution < -0.4 is 10.1 Å². The quantitative estimate of drug-likeness (QED) is 0.643. The summed E-state index contributed by atoms with van der Waals surface area (Å²) in [6, 6.07) is 4.98. The van der Waals surface area contributed by atoms with Crippen LogP contribution in [0.1, 0.15) is 18.4 Å². The predicted octanol–water partition coefficient (Wildman–Crippen LogP) is 2.28. The van der Waals surface area contributed by atoms with Crippen molar-refractivity contribution in [3.63, 3.8) is 0 Å². The highest BCUT2D eigenvalue weighted by molar-refractivity contribution is 5.48. The minimum atomic E-state index is -0.390. The van der Waals surface area contributed by atoms with Gasteiger partial charge in [0, 0.05) is 6.07 Å². The van der Waals surface area contributed by atoms with Crippen molar-refractivity contribution in [2.75, 3.05) is 13.6 Å². The van der Waals surface area contributed by atoms with Crippen LogP contribution in [0.3, 0.4) is 0 Å². The number of nitrogens with one attached hydrogen (secondary N) is 1. The molecule has 1 aliphatic rings. The highest BCUT2D eigenvalue weighted by Crippen LogP contribution is 2.35. The van der Waals surface area contributed by atoms with Gasteiger partial charge in [-0.25, -0.2) is 0 Å². The minimum absolute atomic E-state index is 0.0534. The summed E-state index contributed by atoms with van der Waals surface area (Å²) in [7, 11) is 1.93. The Hall–Kier alpha value is -1.62. The molecule has 98 valence electrons. The molecule has 0 heterocycles. The topological polar surface area (TPSA) is 64.4 Å². The maximum atomic E-state index is 10.9. The molecule has 0 aromatic heterocycles. The van der Waals surface area contributed by atoms with E-state index in [0.29, 0.717) is 11.7 Å². The Bertz CT molecular complexity index is 442. The summed E-state index contributed by atoms with van der Waals surface area (Å²) in [5.74, 6) is 1.02. The zero-order valence-corrected chi connectivity index (χ0v) is 10.7. The third-order valence-corrected chi connectivity index (χ3v) is 3.29. The van der Waals surface area contributed by atoms with Gasteiger partial charge in [0.05, 0.1) is 11.0 Å². The molecule has 18 heavy (non-hydrogen) atoms. The summed E-state index contributed by atoms with van der Waals surface area (Å²) in [4.78, 5) is 10.5. The van der Waals surface area contributed by atoms with E-state index in [1.54, 1.807) is 12.1 Å². The van der Waals surface area contributed by atoms with Gasteiger partial charge in [-0.05, 0) is 50.9 Å². The number of rotatable bonds is 5. The lowest BCUT2D eigenvalue weighted by Gasteiger charge is -2.35. The van der Waals surface area contributed by atoms with E-state index in [2.05, 4.69) is 5.32 Å². The van der Waals surface area contributed by atoms with Gasteiger partial charge in [0.1, 0.15) is 0 Å². The van der Waals surface area contributed by atoms with Crippen LogP contribution in [0, 0.1) is 23.0 Å². The van der Waals surface area contributed by atoms with Gasteiger partial charge in [0.25, 0.3) is 0 Å². The molecule has 0 bridgehead atoms. The minimum Gasteiger partial charge on any atom is -0.483 e. The Morgan fingerprint density at radius 3 is 2.83 bits per heavy atom. The molecule has 1 aromatic carbocycles. The van der Waals surface area contributed by atoms with E-state index in [0.717, 1.165) is 24.9 Å². The second-order valence-electron chi connectivity index (χ2n) is 4.86. The zero-order valence-electron chi connectivity index (χ0n) is 10.7. The lowest BCUT2D eigenvalue weighted by atomic mass is 9.82. The number of nitrogens with zero attached hydrogens (tertiary/aromatic N) is 1. The van der Waals surface area contributed by atoms with Gasteiger partial charge in [-0.3, -0.25) is 10.1 Å². The average molecular weight is 250 g/mol. The monoisotopic (exact) mass is 250 g/mol. The number of hydrogen-bond donors (Lipinski definition) is 1. The Balaban J connectivity index is 2.01. The molecule has 1 fully saturated rings. The molecule has 1 N–H and O–H groups in total. The molecule has 0 radical (unpaired) electrons. The molecule has 1 aromatic rings. The number of benzene rings is 1. The van der Waals surface area contributed by atoms with Crippen LogP contribution in [-0.4, -0.2) is 24.6 Å². The summed E-state index contributed by atoms with van der Waals surface area (Å²) in [6.45, 7) is 2.89. The molecule has 0 atom stereocenters. The summed E-state index contributed by atoms with van der Waals surface area (Å²) < 4.78 is 5.73. The van der Waals surface area contributed by atoms with E-state index in [1.165, 1.54) is 6.07 Å². The van der Waals surface area contributed by atoms with Gasteiger partial charge < -0.3 is 10.1 Å². The smallest absolute Gasteiger partial charge is 0.310 e.